The summed E-state index contributed by atoms with van der Waals surface area (Å²) in [5.74, 6) is 3.94. The number of benzene rings is 2. The molecule has 3 heteroatoms. The lowest BCUT2D eigenvalue weighted by molar-refractivity contribution is -0.0444. The fourth-order valence-electron chi connectivity index (χ4n) is 6.52. The summed E-state index contributed by atoms with van der Waals surface area (Å²) in [6.45, 7) is 1.96. The number of anilines is 2. The Labute approximate surface area is 168 Å². The number of methoxy groups -OCH3 is 1. The zero-order chi connectivity index (χ0) is 19.0. The quantitative estimate of drug-likeness (QED) is 0.628. The standard InChI is InChI=1S/C25H32N2O/c1-28-22-8-6-18(7-9-22)16-26-23-4-2-3-5-24(23)27-17-25-13-19-10-20(14-25)12-21(11-19)15-25/h2-9,19-21,26-27H,10-17H2,1H3. The molecule has 0 heterocycles. The van der Waals surface area contributed by atoms with Crippen LogP contribution >= 0.6 is 0 Å². The van der Waals surface area contributed by atoms with Gasteiger partial charge in [-0.1, -0.05) is 24.3 Å². The van der Waals surface area contributed by atoms with Gasteiger partial charge in [0.2, 0.25) is 0 Å². The van der Waals surface area contributed by atoms with Crippen molar-refractivity contribution in [3.63, 3.8) is 0 Å². The first kappa shape index (κ1) is 17.9. The van der Waals surface area contributed by atoms with Crippen molar-refractivity contribution in [2.75, 3.05) is 24.3 Å². The highest BCUT2D eigenvalue weighted by Crippen LogP contribution is 2.60. The van der Waals surface area contributed by atoms with Gasteiger partial charge in [0.05, 0.1) is 18.5 Å². The summed E-state index contributed by atoms with van der Waals surface area (Å²) in [5, 5.41) is 7.46. The second-order valence-electron chi connectivity index (χ2n) is 9.52. The molecule has 0 aliphatic heterocycles. The van der Waals surface area contributed by atoms with Gasteiger partial charge >= 0.3 is 0 Å². The van der Waals surface area contributed by atoms with E-state index in [9.17, 15) is 0 Å². The maximum atomic E-state index is 5.25. The second-order valence-corrected chi connectivity index (χ2v) is 9.52. The Kier molecular flexibility index (Phi) is 4.70. The molecule has 0 aromatic heterocycles. The average Bonchev–Trinajstić information content (AvgIpc) is 2.71. The first-order chi connectivity index (χ1) is 13.7. The van der Waals surface area contributed by atoms with Crippen LogP contribution in [-0.2, 0) is 6.54 Å². The van der Waals surface area contributed by atoms with E-state index in [0.717, 1.165) is 36.6 Å². The van der Waals surface area contributed by atoms with Crippen molar-refractivity contribution in [2.24, 2.45) is 23.2 Å². The van der Waals surface area contributed by atoms with Crippen LogP contribution in [-0.4, -0.2) is 13.7 Å². The van der Waals surface area contributed by atoms with Crippen LogP contribution in [0.1, 0.15) is 44.1 Å². The fraction of sp³-hybridized carbons (Fsp3) is 0.520. The van der Waals surface area contributed by atoms with Crippen molar-refractivity contribution in [1.82, 2.24) is 0 Å². The minimum Gasteiger partial charge on any atom is -0.497 e. The predicted molar refractivity (Wildman–Crippen MR) is 116 cm³/mol. The molecular weight excluding hydrogens is 344 g/mol. The van der Waals surface area contributed by atoms with Gasteiger partial charge in [0.25, 0.3) is 0 Å². The number of ether oxygens (including phenoxy) is 1. The van der Waals surface area contributed by atoms with Crippen LogP contribution in [0.25, 0.3) is 0 Å². The number of rotatable bonds is 7. The lowest BCUT2D eigenvalue weighted by Gasteiger charge is -2.57. The number of para-hydroxylation sites is 2. The van der Waals surface area contributed by atoms with E-state index in [1.165, 1.54) is 55.5 Å². The lowest BCUT2D eigenvalue weighted by atomic mass is 9.49. The third-order valence-corrected chi connectivity index (χ3v) is 7.39. The molecule has 2 aromatic rings. The largest absolute Gasteiger partial charge is 0.497 e. The van der Waals surface area contributed by atoms with Gasteiger partial charge in [-0.2, -0.15) is 0 Å². The highest BCUT2D eigenvalue weighted by atomic mass is 16.5. The van der Waals surface area contributed by atoms with Crippen molar-refractivity contribution < 1.29 is 4.74 Å². The lowest BCUT2D eigenvalue weighted by Crippen LogP contribution is -2.49. The molecule has 4 aliphatic rings. The van der Waals surface area contributed by atoms with E-state index in [2.05, 4.69) is 47.0 Å². The molecule has 0 saturated heterocycles. The summed E-state index contributed by atoms with van der Waals surface area (Å²) in [6.07, 6.45) is 8.89. The van der Waals surface area contributed by atoms with Gasteiger partial charge < -0.3 is 15.4 Å². The van der Waals surface area contributed by atoms with Crippen LogP contribution in [0.2, 0.25) is 0 Å². The predicted octanol–water partition coefficient (Wildman–Crippen LogP) is 5.94. The van der Waals surface area contributed by atoms with Gasteiger partial charge in [-0.3, -0.25) is 0 Å². The Morgan fingerprint density at radius 1 is 0.821 bits per heavy atom. The van der Waals surface area contributed by atoms with Crippen LogP contribution < -0.4 is 15.4 Å². The van der Waals surface area contributed by atoms with E-state index in [0.29, 0.717) is 5.41 Å². The van der Waals surface area contributed by atoms with Crippen LogP contribution in [0.4, 0.5) is 11.4 Å². The van der Waals surface area contributed by atoms with Crippen LogP contribution in [0, 0.1) is 23.2 Å². The van der Waals surface area contributed by atoms with Crippen molar-refractivity contribution in [3.05, 3.63) is 54.1 Å². The minimum absolute atomic E-state index is 0.553. The van der Waals surface area contributed by atoms with Crippen molar-refractivity contribution in [1.29, 1.82) is 0 Å². The van der Waals surface area contributed by atoms with Gasteiger partial charge in [-0.25, -0.2) is 0 Å². The Morgan fingerprint density at radius 2 is 1.39 bits per heavy atom. The van der Waals surface area contributed by atoms with Crippen LogP contribution in [0.3, 0.4) is 0 Å². The topological polar surface area (TPSA) is 33.3 Å². The van der Waals surface area contributed by atoms with Crippen molar-refractivity contribution >= 4 is 11.4 Å². The Hall–Kier alpha value is -2.16. The molecule has 0 spiro atoms. The summed E-state index contributed by atoms with van der Waals surface area (Å²) < 4.78 is 5.25. The molecule has 0 atom stereocenters. The van der Waals surface area contributed by atoms with Gasteiger partial charge in [0.1, 0.15) is 5.75 Å². The fourth-order valence-corrected chi connectivity index (χ4v) is 6.52. The van der Waals surface area contributed by atoms with E-state index in [4.69, 9.17) is 4.74 Å². The maximum Gasteiger partial charge on any atom is 0.118 e. The third-order valence-electron chi connectivity index (χ3n) is 7.39. The zero-order valence-electron chi connectivity index (χ0n) is 16.9. The van der Waals surface area contributed by atoms with Gasteiger partial charge in [0, 0.05) is 13.1 Å². The maximum absolute atomic E-state index is 5.25. The molecule has 2 aromatic carbocycles. The smallest absolute Gasteiger partial charge is 0.118 e. The summed E-state index contributed by atoms with van der Waals surface area (Å²) >= 11 is 0. The summed E-state index contributed by atoms with van der Waals surface area (Å²) in [6, 6.07) is 17.0. The molecule has 28 heavy (non-hydrogen) atoms. The molecule has 0 radical (unpaired) electrons. The van der Waals surface area contributed by atoms with E-state index >= 15 is 0 Å². The molecule has 148 valence electrons. The van der Waals surface area contributed by atoms with E-state index in [1.807, 2.05) is 12.1 Å². The monoisotopic (exact) mass is 376 g/mol. The molecule has 4 saturated carbocycles. The summed E-state index contributed by atoms with van der Waals surface area (Å²) in [5.41, 5.74) is 4.25. The molecule has 0 amide bonds. The summed E-state index contributed by atoms with van der Waals surface area (Å²) in [7, 11) is 1.71. The Morgan fingerprint density at radius 3 is 1.96 bits per heavy atom. The number of hydrogen-bond donors (Lipinski definition) is 2. The number of nitrogens with one attached hydrogen (secondary N) is 2. The van der Waals surface area contributed by atoms with Gasteiger partial charge in [-0.15, -0.1) is 0 Å². The van der Waals surface area contributed by atoms with Crippen LogP contribution in [0.15, 0.2) is 48.5 Å². The van der Waals surface area contributed by atoms with E-state index < -0.39 is 0 Å². The van der Waals surface area contributed by atoms with Crippen molar-refractivity contribution in [3.8, 4) is 5.75 Å². The third kappa shape index (κ3) is 3.59. The minimum atomic E-state index is 0.553. The van der Waals surface area contributed by atoms with Crippen LogP contribution in [0.5, 0.6) is 5.75 Å². The molecule has 0 unspecified atom stereocenters. The molecule has 3 nitrogen and oxygen atoms in total. The van der Waals surface area contributed by atoms with Gasteiger partial charge in [-0.05, 0) is 91.5 Å². The van der Waals surface area contributed by atoms with E-state index in [-0.39, 0.29) is 0 Å². The Bertz CT molecular complexity index is 778. The normalized spacial score (nSPS) is 30.2. The highest BCUT2D eigenvalue weighted by Gasteiger charge is 2.50. The summed E-state index contributed by atoms with van der Waals surface area (Å²) in [4.78, 5) is 0. The molecule has 4 bridgehead atoms. The zero-order valence-corrected chi connectivity index (χ0v) is 16.9. The average molecular weight is 377 g/mol. The first-order valence-electron chi connectivity index (χ1n) is 10.9. The molecule has 4 fully saturated rings. The molecule has 4 aliphatic carbocycles. The number of hydrogen-bond acceptors (Lipinski definition) is 3. The Balaban J connectivity index is 1.24. The highest BCUT2D eigenvalue weighted by molar-refractivity contribution is 5.68. The molecular formula is C25H32N2O. The van der Waals surface area contributed by atoms with E-state index in [1.54, 1.807) is 7.11 Å². The first-order valence-corrected chi connectivity index (χ1v) is 10.9. The molecule has 2 N–H and O–H groups in total. The second kappa shape index (κ2) is 7.35. The van der Waals surface area contributed by atoms with Gasteiger partial charge in [0.15, 0.2) is 0 Å². The SMILES string of the molecule is COc1ccc(CNc2ccccc2NCC23CC4CC(CC(C4)C2)C3)cc1. The van der Waals surface area contributed by atoms with Crippen molar-refractivity contribution in [2.45, 2.75) is 45.1 Å². The molecule has 6 rings (SSSR count).